The van der Waals surface area contributed by atoms with Gasteiger partial charge in [0.05, 0.1) is 8.95 Å². The van der Waals surface area contributed by atoms with Gasteiger partial charge in [-0.2, -0.15) is 0 Å². The summed E-state index contributed by atoms with van der Waals surface area (Å²) >= 11 is 15.4. The lowest BCUT2D eigenvalue weighted by molar-refractivity contribution is -0.129. The summed E-state index contributed by atoms with van der Waals surface area (Å²) in [5.41, 5.74) is 3.84. The minimum Gasteiger partial charge on any atom is -0.487 e. The molecule has 0 unspecified atom stereocenters. The molecular weight excluding hydrogens is 672 g/mol. The van der Waals surface area contributed by atoms with E-state index in [9.17, 15) is 4.79 Å². The van der Waals surface area contributed by atoms with Gasteiger partial charge in [-0.3, -0.25) is 0 Å². The molecule has 1 aliphatic heterocycles. The molecule has 3 aromatic rings. The molecule has 1 aliphatic rings. The first-order valence-corrected chi connectivity index (χ1v) is 12.5. The van der Waals surface area contributed by atoms with Crippen LogP contribution in [0.1, 0.15) is 22.3 Å². The molecule has 4 nitrogen and oxygen atoms in total. The van der Waals surface area contributed by atoms with E-state index < -0.39 is 5.97 Å². The molecule has 0 N–H and O–H groups in total. The molecular formula is C24H15Br2ClINO3. The number of ether oxygens (including phenoxy) is 2. The highest BCUT2D eigenvalue weighted by Crippen LogP contribution is 2.36. The first kappa shape index (κ1) is 23.5. The highest BCUT2D eigenvalue weighted by molar-refractivity contribution is 14.1. The maximum Gasteiger partial charge on any atom is 0.363 e. The number of rotatable bonds is 5. The van der Waals surface area contributed by atoms with Crippen LogP contribution in [-0.4, -0.2) is 11.9 Å². The minimum atomic E-state index is -0.482. The number of nitrogens with zero attached hydrogens (tertiary/aromatic N) is 1. The van der Waals surface area contributed by atoms with Crippen molar-refractivity contribution in [2.45, 2.75) is 13.5 Å². The Balaban J connectivity index is 1.56. The quantitative estimate of drug-likeness (QED) is 0.157. The number of carbonyl (C=O) groups is 1. The van der Waals surface area contributed by atoms with Gasteiger partial charge in [-0.05, 0) is 127 Å². The standard InChI is InChI=1S/C24H15Br2ClINO3/c1-13-7-16(5-6-20(13)28)23-29-21(24(30)32-23)11-15-9-18(25)22(19(26)10-15)31-12-14-3-2-4-17(27)8-14/h2-11H,12H2,1H3/b21-11-. The van der Waals surface area contributed by atoms with E-state index in [0.717, 1.165) is 34.8 Å². The molecule has 4 rings (SSSR count). The van der Waals surface area contributed by atoms with Crippen LogP contribution in [0, 0.1) is 10.5 Å². The highest BCUT2D eigenvalue weighted by atomic mass is 127. The van der Waals surface area contributed by atoms with Crippen LogP contribution in [0.5, 0.6) is 5.75 Å². The van der Waals surface area contributed by atoms with Crippen LogP contribution in [0.2, 0.25) is 5.02 Å². The topological polar surface area (TPSA) is 47.9 Å². The number of aliphatic imine (C=N–C) groups is 1. The van der Waals surface area contributed by atoms with E-state index in [-0.39, 0.29) is 5.70 Å². The van der Waals surface area contributed by atoms with Crippen molar-refractivity contribution in [2.24, 2.45) is 4.99 Å². The van der Waals surface area contributed by atoms with Crippen LogP contribution < -0.4 is 4.74 Å². The first-order valence-electron chi connectivity index (χ1n) is 9.45. The van der Waals surface area contributed by atoms with Gasteiger partial charge >= 0.3 is 5.97 Å². The van der Waals surface area contributed by atoms with E-state index >= 15 is 0 Å². The predicted molar refractivity (Wildman–Crippen MR) is 142 cm³/mol. The zero-order chi connectivity index (χ0) is 22.8. The third-order valence-electron chi connectivity index (χ3n) is 4.62. The zero-order valence-electron chi connectivity index (χ0n) is 16.7. The maximum absolute atomic E-state index is 12.4. The molecule has 0 spiro atoms. The summed E-state index contributed by atoms with van der Waals surface area (Å²) in [6, 6.07) is 17.1. The molecule has 0 fully saturated rings. The summed E-state index contributed by atoms with van der Waals surface area (Å²) in [7, 11) is 0. The van der Waals surface area contributed by atoms with E-state index in [4.69, 9.17) is 21.1 Å². The van der Waals surface area contributed by atoms with Crippen LogP contribution in [0.4, 0.5) is 0 Å². The van der Waals surface area contributed by atoms with Crippen LogP contribution in [0.25, 0.3) is 6.08 Å². The van der Waals surface area contributed by atoms with E-state index in [0.29, 0.717) is 23.3 Å². The predicted octanol–water partition coefficient (Wildman–Crippen LogP) is 7.70. The fourth-order valence-corrected chi connectivity index (χ4v) is 5.05. The Morgan fingerprint density at radius 2 is 1.88 bits per heavy atom. The van der Waals surface area contributed by atoms with Gasteiger partial charge in [0.15, 0.2) is 5.70 Å². The third kappa shape index (κ3) is 5.44. The van der Waals surface area contributed by atoms with Crippen LogP contribution in [0.3, 0.4) is 0 Å². The molecule has 0 bridgehead atoms. The molecule has 8 heteroatoms. The normalized spacial score (nSPS) is 14.5. The number of hydrogen-bond donors (Lipinski definition) is 0. The second-order valence-corrected chi connectivity index (χ2v) is 10.3. The van der Waals surface area contributed by atoms with Crippen LogP contribution in [-0.2, 0) is 16.1 Å². The van der Waals surface area contributed by atoms with Crippen molar-refractivity contribution in [3.05, 3.63) is 100 Å². The van der Waals surface area contributed by atoms with Crippen LogP contribution in [0.15, 0.2) is 74.2 Å². The van der Waals surface area contributed by atoms with Gasteiger partial charge in [0, 0.05) is 14.2 Å². The van der Waals surface area contributed by atoms with Crippen LogP contribution >= 0.6 is 66.1 Å². The number of esters is 1. The lowest BCUT2D eigenvalue weighted by atomic mass is 10.1. The van der Waals surface area contributed by atoms with E-state index in [1.807, 2.05) is 61.5 Å². The lowest BCUT2D eigenvalue weighted by Crippen LogP contribution is -2.05. The molecule has 0 aliphatic carbocycles. The summed E-state index contributed by atoms with van der Waals surface area (Å²) in [6.45, 7) is 2.37. The average Bonchev–Trinajstić information content (AvgIpc) is 3.10. The summed E-state index contributed by atoms with van der Waals surface area (Å²) in [5.74, 6) is 0.477. The fraction of sp³-hybridized carbons (Fsp3) is 0.0833. The van der Waals surface area contributed by atoms with Gasteiger partial charge in [0.25, 0.3) is 0 Å². The van der Waals surface area contributed by atoms with Crippen molar-refractivity contribution in [3.63, 3.8) is 0 Å². The number of aryl methyl sites for hydroxylation is 1. The average molecular weight is 688 g/mol. The summed E-state index contributed by atoms with van der Waals surface area (Å²) < 4.78 is 14.0. The molecule has 0 aromatic heterocycles. The van der Waals surface area contributed by atoms with Crippen molar-refractivity contribution in [1.29, 1.82) is 0 Å². The van der Waals surface area contributed by atoms with Crippen molar-refractivity contribution in [1.82, 2.24) is 0 Å². The second-order valence-electron chi connectivity index (χ2n) is 7.03. The number of benzene rings is 3. The van der Waals surface area contributed by atoms with Gasteiger partial charge in [0.1, 0.15) is 12.4 Å². The molecule has 3 aromatic carbocycles. The van der Waals surface area contributed by atoms with Gasteiger partial charge in [-0.25, -0.2) is 9.79 Å². The Morgan fingerprint density at radius 1 is 1.12 bits per heavy atom. The molecule has 0 radical (unpaired) electrons. The van der Waals surface area contributed by atoms with Gasteiger partial charge in [0.2, 0.25) is 5.90 Å². The Morgan fingerprint density at radius 3 is 2.56 bits per heavy atom. The summed E-state index contributed by atoms with van der Waals surface area (Å²) in [6.07, 6.45) is 1.69. The lowest BCUT2D eigenvalue weighted by Gasteiger charge is -2.11. The van der Waals surface area contributed by atoms with E-state index in [1.165, 1.54) is 0 Å². The zero-order valence-corrected chi connectivity index (χ0v) is 22.7. The van der Waals surface area contributed by atoms with Crippen molar-refractivity contribution < 1.29 is 14.3 Å². The van der Waals surface area contributed by atoms with Gasteiger partial charge < -0.3 is 9.47 Å². The SMILES string of the molecule is Cc1cc(C2=N/C(=C\c3cc(Br)c(OCc4cccc(Cl)c4)c(Br)c3)C(=O)O2)ccc1I. The Hall–Kier alpha value is -1.68. The Bertz CT molecular complexity index is 1270. The summed E-state index contributed by atoms with van der Waals surface area (Å²) in [5, 5.41) is 0.662. The Labute approximate surface area is 221 Å². The van der Waals surface area contributed by atoms with Crippen molar-refractivity contribution in [2.75, 3.05) is 0 Å². The molecule has 1 heterocycles. The number of cyclic esters (lactones) is 1. The molecule has 162 valence electrons. The molecule has 0 amide bonds. The second kappa shape index (κ2) is 10.1. The number of carbonyl (C=O) groups excluding carboxylic acids is 1. The highest BCUT2D eigenvalue weighted by Gasteiger charge is 2.24. The third-order valence-corrected chi connectivity index (χ3v) is 7.25. The largest absolute Gasteiger partial charge is 0.487 e. The summed E-state index contributed by atoms with van der Waals surface area (Å²) in [4.78, 5) is 16.8. The van der Waals surface area contributed by atoms with E-state index in [2.05, 4.69) is 59.4 Å². The molecule has 32 heavy (non-hydrogen) atoms. The van der Waals surface area contributed by atoms with Gasteiger partial charge in [-0.15, -0.1) is 0 Å². The van der Waals surface area contributed by atoms with Crippen molar-refractivity contribution in [3.8, 4) is 5.75 Å². The molecule has 0 atom stereocenters. The number of halogens is 4. The number of hydrogen-bond acceptors (Lipinski definition) is 4. The van der Waals surface area contributed by atoms with Gasteiger partial charge in [-0.1, -0.05) is 23.7 Å². The van der Waals surface area contributed by atoms with E-state index in [1.54, 1.807) is 6.08 Å². The smallest absolute Gasteiger partial charge is 0.363 e. The monoisotopic (exact) mass is 685 g/mol. The fourth-order valence-electron chi connectivity index (χ4n) is 3.05. The molecule has 0 saturated carbocycles. The Kier molecular flexibility index (Phi) is 7.39. The minimum absolute atomic E-state index is 0.239. The van der Waals surface area contributed by atoms with Crippen molar-refractivity contribution >= 4 is 84.0 Å². The molecule has 0 saturated heterocycles. The first-order chi connectivity index (χ1) is 15.3. The maximum atomic E-state index is 12.4.